The maximum absolute atomic E-state index is 9.71. The van der Waals surface area contributed by atoms with E-state index in [2.05, 4.69) is 5.21 Å². The van der Waals surface area contributed by atoms with E-state index in [-0.39, 0.29) is 6.61 Å². The molecule has 2 N–H and O–H groups in total. The SMILES string of the molecule is Cn1n[n+](CCO)cc1C(C)(C)O. The smallest absolute Gasteiger partial charge is 0.198 e. The zero-order valence-corrected chi connectivity index (χ0v) is 8.23. The molecule has 0 unspecified atom stereocenters. The molecule has 1 aromatic heterocycles. The van der Waals surface area contributed by atoms with Crippen LogP contribution in [0.1, 0.15) is 19.5 Å². The number of aliphatic hydroxyl groups excluding tert-OH is 1. The van der Waals surface area contributed by atoms with E-state index in [0.717, 1.165) is 5.69 Å². The summed E-state index contributed by atoms with van der Waals surface area (Å²) in [5.41, 5.74) is -0.177. The topological polar surface area (TPSA) is 62.2 Å². The van der Waals surface area contributed by atoms with E-state index >= 15 is 0 Å². The van der Waals surface area contributed by atoms with E-state index in [1.807, 2.05) is 0 Å². The summed E-state index contributed by atoms with van der Waals surface area (Å²) in [5, 5.41) is 22.5. The van der Waals surface area contributed by atoms with E-state index in [0.29, 0.717) is 6.54 Å². The van der Waals surface area contributed by atoms with Gasteiger partial charge in [-0.2, -0.15) is 0 Å². The van der Waals surface area contributed by atoms with E-state index in [4.69, 9.17) is 5.11 Å². The summed E-state index contributed by atoms with van der Waals surface area (Å²) >= 11 is 0. The normalized spacial score (nSPS) is 12.1. The largest absolute Gasteiger partial charge is 0.392 e. The number of hydrogen-bond acceptors (Lipinski definition) is 3. The van der Waals surface area contributed by atoms with Crippen molar-refractivity contribution in [1.82, 2.24) is 9.90 Å². The first-order valence-corrected chi connectivity index (χ1v) is 4.22. The van der Waals surface area contributed by atoms with Crippen LogP contribution in [-0.4, -0.2) is 26.7 Å². The molecule has 1 heterocycles. The monoisotopic (exact) mass is 186 g/mol. The lowest BCUT2D eigenvalue weighted by Crippen LogP contribution is -2.37. The van der Waals surface area contributed by atoms with Crippen molar-refractivity contribution >= 4 is 0 Å². The lowest BCUT2D eigenvalue weighted by Gasteiger charge is -2.10. The fourth-order valence-corrected chi connectivity index (χ4v) is 1.24. The van der Waals surface area contributed by atoms with Crippen molar-refractivity contribution in [3.8, 4) is 0 Å². The molecule has 13 heavy (non-hydrogen) atoms. The summed E-state index contributed by atoms with van der Waals surface area (Å²) < 4.78 is 3.21. The molecule has 0 amide bonds. The molecule has 1 rings (SSSR count). The van der Waals surface area contributed by atoms with Crippen LogP contribution in [0, 0.1) is 0 Å². The third-order valence-electron chi connectivity index (χ3n) is 1.82. The Kier molecular flexibility index (Phi) is 2.68. The highest BCUT2D eigenvalue weighted by Gasteiger charge is 2.27. The molecule has 5 heteroatoms. The van der Waals surface area contributed by atoms with Gasteiger partial charge in [0, 0.05) is 0 Å². The van der Waals surface area contributed by atoms with Gasteiger partial charge in [-0.3, -0.25) is 0 Å². The maximum atomic E-state index is 9.71. The summed E-state index contributed by atoms with van der Waals surface area (Å²) in [7, 11) is 1.77. The van der Waals surface area contributed by atoms with E-state index in [9.17, 15) is 5.11 Å². The second kappa shape index (κ2) is 3.43. The number of hydrogen-bond donors (Lipinski definition) is 2. The van der Waals surface area contributed by atoms with Gasteiger partial charge in [0.25, 0.3) is 0 Å². The molecule has 0 aliphatic heterocycles. The molecule has 0 atom stereocenters. The molecule has 5 nitrogen and oxygen atoms in total. The lowest BCUT2D eigenvalue weighted by molar-refractivity contribution is -0.756. The number of rotatable bonds is 3. The van der Waals surface area contributed by atoms with Crippen LogP contribution in [-0.2, 0) is 19.2 Å². The minimum Gasteiger partial charge on any atom is -0.392 e. The second-order valence-corrected chi connectivity index (χ2v) is 3.57. The Morgan fingerprint density at radius 3 is 2.62 bits per heavy atom. The summed E-state index contributed by atoms with van der Waals surface area (Å²) in [6.45, 7) is 3.90. The molecule has 0 spiro atoms. The number of aromatic nitrogens is 3. The summed E-state index contributed by atoms with van der Waals surface area (Å²) in [5.74, 6) is 0. The molecular formula is C8H16N3O2+. The molecule has 0 bridgehead atoms. The molecule has 0 aliphatic rings. The minimum atomic E-state index is -0.900. The first-order valence-electron chi connectivity index (χ1n) is 4.22. The zero-order valence-electron chi connectivity index (χ0n) is 8.23. The zero-order chi connectivity index (χ0) is 10.1. The van der Waals surface area contributed by atoms with Gasteiger partial charge in [-0.15, -0.1) is 9.36 Å². The second-order valence-electron chi connectivity index (χ2n) is 3.57. The number of aliphatic hydroxyl groups is 2. The van der Waals surface area contributed by atoms with Crippen molar-refractivity contribution in [3.05, 3.63) is 11.9 Å². The van der Waals surface area contributed by atoms with Crippen LogP contribution in [0.5, 0.6) is 0 Å². The van der Waals surface area contributed by atoms with Crippen LogP contribution in [0.2, 0.25) is 0 Å². The predicted octanol–water partition coefficient (Wildman–Crippen LogP) is -1.07. The van der Waals surface area contributed by atoms with Crippen molar-refractivity contribution < 1.29 is 14.9 Å². The van der Waals surface area contributed by atoms with Crippen LogP contribution in [0.15, 0.2) is 6.20 Å². The van der Waals surface area contributed by atoms with Crippen molar-refractivity contribution in [1.29, 1.82) is 0 Å². The molecule has 0 fully saturated rings. The van der Waals surface area contributed by atoms with Gasteiger partial charge >= 0.3 is 0 Å². The van der Waals surface area contributed by atoms with Crippen LogP contribution in [0.25, 0.3) is 0 Å². The fourth-order valence-electron chi connectivity index (χ4n) is 1.24. The fraction of sp³-hybridized carbons (Fsp3) is 0.750. The Balaban J connectivity index is 2.96. The molecule has 0 radical (unpaired) electrons. The molecular weight excluding hydrogens is 170 g/mol. The van der Waals surface area contributed by atoms with Crippen molar-refractivity contribution in [3.63, 3.8) is 0 Å². The highest BCUT2D eigenvalue weighted by atomic mass is 16.3. The van der Waals surface area contributed by atoms with E-state index in [1.54, 1.807) is 36.5 Å². The van der Waals surface area contributed by atoms with E-state index < -0.39 is 5.60 Å². The average Bonchev–Trinajstić information content (AvgIpc) is 2.30. The van der Waals surface area contributed by atoms with Gasteiger partial charge in [0.1, 0.15) is 19.2 Å². The number of nitrogens with zero attached hydrogens (tertiary/aromatic N) is 3. The standard InChI is InChI=1S/C8H16N3O2/c1-8(2,13)7-6-11(4-5-12)9-10(7)3/h6,12-13H,4-5H2,1-3H3/q+1. The Bertz CT molecular complexity index is 288. The van der Waals surface area contributed by atoms with Crippen molar-refractivity contribution in [2.24, 2.45) is 7.05 Å². The molecule has 0 saturated carbocycles. The van der Waals surface area contributed by atoms with Gasteiger partial charge in [-0.1, -0.05) is 0 Å². The molecule has 1 aromatic rings. The van der Waals surface area contributed by atoms with Gasteiger partial charge in [-0.05, 0) is 13.8 Å². The van der Waals surface area contributed by atoms with Crippen LogP contribution < -0.4 is 4.68 Å². The molecule has 0 saturated heterocycles. The molecule has 0 aromatic carbocycles. The first kappa shape index (κ1) is 10.1. The quantitative estimate of drug-likeness (QED) is 0.591. The van der Waals surface area contributed by atoms with Gasteiger partial charge in [0.2, 0.25) is 0 Å². The predicted molar refractivity (Wildman–Crippen MR) is 45.7 cm³/mol. The van der Waals surface area contributed by atoms with Crippen LogP contribution in [0.4, 0.5) is 0 Å². The van der Waals surface area contributed by atoms with Crippen LogP contribution >= 0.6 is 0 Å². The first-order chi connectivity index (χ1) is 5.95. The summed E-state index contributed by atoms with van der Waals surface area (Å²) in [4.78, 5) is 0. The summed E-state index contributed by atoms with van der Waals surface area (Å²) in [6.07, 6.45) is 1.73. The Morgan fingerprint density at radius 2 is 2.23 bits per heavy atom. The highest BCUT2D eigenvalue weighted by Crippen LogP contribution is 2.15. The van der Waals surface area contributed by atoms with Crippen molar-refractivity contribution in [2.75, 3.05) is 6.61 Å². The Morgan fingerprint density at radius 1 is 1.62 bits per heavy atom. The minimum absolute atomic E-state index is 0.0486. The van der Waals surface area contributed by atoms with Gasteiger partial charge in [0.15, 0.2) is 11.9 Å². The number of aryl methyl sites for hydroxylation is 1. The Labute approximate surface area is 77.2 Å². The average molecular weight is 186 g/mol. The van der Waals surface area contributed by atoms with Gasteiger partial charge < -0.3 is 10.2 Å². The third kappa shape index (κ3) is 2.26. The van der Waals surface area contributed by atoms with Crippen molar-refractivity contribution in [2.45, 2.75) is 26.0 Å². The van der Waals surface area contributed by atoms with Gasteiger partial charge in [0.05, 0.1) is 11.8 Å². The Hall–Kier alpha value is -0.940. The maximum Gasteiger partial charge on any atom is 0.198 e. The van der Waals surface area contributed by atoms with E-state index in [1.165, 1.54) is 0 Å². The van der Waals surface area contributed by atoms with Gasteiger partial charge in [-0.25, -0.2) is 0 Å². The highest BCUT2D eigenvalue weighted by molar-refractivity contribution is 5.01. The third-order valence-corrected chi connectivity index (χ3v) is 1.82. The lowest BCUT2D eigenvalue weighted by atomic mass is 10.1. The molecule has 74 valence electrons. The molecule has 0 aliphatic carbocycles. The van der Waals surface area contributed by atoms with Crippen LogP contribution in [0.3, 0.4) is 0 Å². The summed E-state index contributed by atoms with van der Waals surface area (Å²) in [6, 6.07) is 0.